The van der Waals surface area contributed by atoms with E-state index in [1.807, 2.05) is 17.0 Å². The Kier molecular flexibility index (Phi) is 6.73. The monoisotopic (exact) mass is 415 g/mol. The Morgan fingerprint density at radius 2 is 2.20 bits per heavy atom. The number of carbonyl (C=O) groups excluding carboxylic acids is 2. The third-order valence-electron chi connectivity index (χ3n) is 5.54. The molecular formula is C20H29N7O3. The molecule has 2 aromatic heterocycles. The Morgan fingerprint density at radius 3 is 3.00 bits per heavy atom. The van der Waals surface area contributed by atoms with Crippen LogP contribution in [0.3, 0.4) is 0 Å². The minimum absolute atomic E-state index is 0.0204. The fourth-order valence-corrected chi connectivity index (χ4v) is 3.86. The number of likely N-dealkylation sites (tertiary alicyclic amines) is 1. The highest BCUT2D eigenvalue weighted by atomic mass is 16.5. The number of carbonyl (C=O) groups is 2. The molecule has 1 atom stereocenters. The minimum atomic E-state index is -0.0204. The van der Waals surface area contributed by atoms with Gasteiger partial charge in [-0.3, -0.25) is 9.59 Å². The predicted molar refractivity (Wildman–Crippen MR) is 110 cm³/mol. The number of rotatable bonds is 10. The quantitative estimate of drug-likeness (QED) is 0.551. The maximum absolute atomic E-state index is 12.1. The summed E-state index contributed by atoms with van der Waals surface area (Å²) in [6.45, 7) is 3.71. The molecule has 30 heavy (non-hydrogen) atoms. The number of ether oxygens (including phenoxy) is 1. The molecule has 2 fully saturated rings. The number of anilines is 1. The molecule has 2 aliphatic heterocycles. The molecule has 4 rings (SSSR count). The standard InChI is InChI=1S/C20H29N7O3/c28-19(22-14-15-4-2-13-30-15)9-8-18-24-23-17-7-6-16(25-27(17)18)21-10-3-12-26-11-1-5-20(26)29/h6-7,15H,1-5,8-14H2,(H,21,25)(H,22,28)/t15-/m1/s1. The molecule has 0 bridgehead atoms. The van der Waals surface area contributed by atoms with Crippen molar-refractivity contribution in [3.05, 3.63) is 18.0 Å². The van der Waals surface area contributed by atoms with Crippen LogP contribution >= 0.6 is 0 Å². The first kappa shape index (κ1) is 20.5. The Bertz CT molecular complexity index is 878. The van der Waals surface area contributed by atoms with Crippen LogP contribution in [-0.2, 0) is 20.7 Å². The van der Waals surface area contributed by atoms with Gasteiger partial charge in [0.25, 0.3) is 0 Å². The molecule has 10 nitrogen and oxygen atoms in total. The van der Waals surface area contributed by atoms with Gasteiger partial charge in [-0.05, 0) is 37.8 Å². The first-order chi connectivity index (χ1) is 14.7. The van der Waals surface area contributed by atoms with E-state index in [9.17, 15) is 9.59 Å². The molecule has 2 aromatic rings. The van der Waals surface area contributed by atoms with Crippen molar-refractivity contribution in [3.8, 4) is 0 Å². The number of amides is 2. The number of hydrogen-bond acceptors (Lipinski definition) is 7. The average Bonchev–Trinajstić information content (AvgIpc) is 3.50. The van der Waals surface area contributed by atoms with Gasteiger partial charge in [-0.1, -0.05) is 0 Å². The SMILES string of the molecule is O=C(CCc1nnc2ccc(NCCCN3CCCC3=O)nn12)NC[C@H]1CCCO1. The molecule has 2 saturated heterocycles. The zero-order valence-corrected chi connectivity index (χ0v) is 17.2. The van der Waals surface area contributed by atoms with E-state index >= 15 is 0 Å². The summed E-state index contributed by atoms with van der Waals surface area (Å²) >= 11 is 0. The average molecular weight is 415 g/mol. The number of aromatic nitrogens is 4. The fraction of sp³-hybridized carbons (Fsp3) is 0.650. The number of nitrogens with one attached hydrogen (secondary N) is 2. The van der Waals surface area contributed by atoms with Crippen molar-refractivity contribution in [2.24, 2.45) is 0 Å². The highest BCUT2D eigenvalue weighted by molar-refractivity contribution is 5.78. The molecule has 2 aliphatic rings. The first-order valence-corrected chi connectivity index (χ1v) is 10.8. The number of aryl methyl sites for hydroxylation is 1. The molecule has 162 valence electrons. The van der Waals surface area contributed by atoms with Gasteiger partial charge in [-0.25, -0.2) is 0 Å². The summed E-state index contributed by atoms with van der Waals surface area (Å²) in [6, 6.07) is 3.72. The Hall–Kier alpha value is -2.75. The summed E-state index contributed by atoms with van der Waals surface area (Å²) in [6.07, 6.45) is 5.51. The lowest BCUT2D eigenvalue weighted by atomic mass is 10.2. The maximum Gasteiger partial charge on any atom is 0.222 e. The minimum Gasteiger partial charge on any atom is -0.376 e. The molecule has 0 radical (unpaired) electrons. The van der Waals surface area contributed by atoms with Crippen LogP contribution in [0.1, 0.15) is 44.3 Å². The lowest BCUT2D eigenvalue weighted by molar-refractivity contribution is -0.127. The highest BCUT2D eigenvalue weighted by Gasteiger charge is 2.19. The smallest absolute Gasteiger partial charge is 0.222 e. The van der Waals surface area contributed by atoms with Crippen LogP contribution in [0.25, 0.3) is 5.65 Å². The van der Waals surface area contributed by atoms with Gasteiger partial charge in [-0.2, -0.15) is 4.52 Å². The van der Waals surface area contributed by atoms with E-state index in [1.54, 1.807) is 4.52 Å². The van der Waals surface area contributed by atoms with Crippen LogP contribution in [0.5, 0.6) is 0 Å². The van der Waals surface area contributed by atoms with Gasteiger partial charge in [0, 0.05) is 52.0 Å². The molecular weight excluding hydrogens is 386 g/mol. The molecule has 10 heteroatoms. The predicted octanol–water partition coefficient (Wildman–Crippen LogP) is 0.777. The fourth-order valence-electron chi connectivity index (χ4n) is 3.86. The lowest BCUT2D eigenvalue weighted by Gasteiger charge is -2.15. The van der Waals surface area contributed by atoms with Gasteiger partial charge >= 0.3 is 0 Å². The van der Waals surface area contributed by atoms with E-state index in [0.717, 1.165) is 57.7 Å². The maximum atomic E-state index is 12.1. The molecule has 0 unspecified atom stereocenters. The molecule has 4 heterocycles. The summed E-state index contributed by atoms with van der Waals surface area (Å²) in [5.74, 6) is 1.61. The number of nitrogens with zero attached hydrogens (tertiary/aromatic N) is 5. The van der Waals surface area contributed by atoms with Crippen molar-refractivity contribution < 1.29 is 14.3 Å². The Balaban J connectivity index is 1.24. The Morgan fingerprint density at radius 1 is 1.27 bits per heavy atom. The van der Waals surface area contributed by atoms with Gasteiger partial charge in [0.15, 0.2) is 11.5 Å². The summed E-state index contributed by atoms with van der Waals surface area (Å²) in [7, 11) is 0. The van der Waals surface area contributed by atoms with E-state index in [-0.39, 0.29) is 17.9 Å². The summed E-state index contributed by atoms with van der Waals surface area (Å²) < 4.78 is 7.20. The lowest BCUT2D eigenvalue weighted by Crippen LogP contribution is -2.32. The highest BCUT2D eigenvalue weighted by Crippen LogP contribution is 2.12. The van der Waals surface area contributed by atoms with Crippen molar-refractivity contribution in [2.45, 2.75) is 51.0 Å². The molecule has 0 spiro atoms. The number of fused-ring (bicyclic) bond motifs is 1. The first-order valence-electron chi connectivity index (χ1n) is 10.8. The molecule has 0 saturated carbocycles. The van der Waals surface area contributed by atoms with Crippen LogP contribution in [0.4, 0.5) is 5.82 Å². The summed E-state index contributed by atoms with van der Waals surface area (Å²) in [5.41, 5.74) is 0.651. The van der Waals surface area contributed by atoms with E-state index in [1.165, 1.54) is 0 Å². The van der Waals surface area contributed by atoms with E-state index in [2.05, 4.69) is 25.9 Å². The largest absolute Gasteiger partial charge is 0.376 e. The van der Waals surface area contributed by atoms with Crippen molar-refractivity contribution >= 4 is 23.3 Å². The molecule has 0 aromatic carbocycles. The molecule has 0 aliphatic carbocycles. The van der Waals surface area contributed by atoms with E-state index in [0.29, 0.717) is 37.3 Å². The molecule has 2 N–H and O–H groups in total. The van der Waals surface area contributed by atoms with Gasteiger partial charge in [0.1, 0.15) is 5.82 Å². The Labute approximate surface area is 175 Å². The third-order valence-corrected chi connectivity index (χ3v) is 5.54. The number of hydrogen-bond donors (Lipinski definition) is 2. The summed E-state index contributed by atoms with van der Waals surface area (Å²) in [4.78, 5) is 25.7. The van der Waals surface area contributed by atoms with Crippen molar-refractivity contribution in [3.63, 3.8) is 0 Å². The van der Waals surface area contributed by atoms with Gasteiger partial charge in [0.2, 0.25) is 11.8 Å². The van der Waals surface area contributed by atoms with Gasteiger partial charge in [0.05, 0.1) is 6.10 Å². The second-order valence-corrected chi connectivity index (χ2v) is 7.81. The normalized spacial score (nSPS) is 19.0. The van der Waals surface area contributed by atoms with E-state index < -0.39 is 0 Å². The second kappa shape index (κ2) is 9.84. The second-order valence-electron chi connectivity index (χ2n) is 7.81. The van der Waals surface area contributed by atoms with Crippen molar-refractivity contribution in [1.29, 1.82) is 0 Å². The molecule has 2 amide bonds. The third kappa shape index (κ3) is 5.24. The van der Waals surface area contributed by atoms with Crippen molar-refractivity contribution in [1.82, 2.24) is 30.0 Å². The zero-order valence-electron chi connectivity index (χ0n) is 17.2. The summed E-state index contributed by atoms with van der Waals surface area (Å²) in [5, 5.41) is 19.1. The van der Waals surface area contributed by atoms with Crippen LogP contribution < -0.4 is 10.6 Å². The van der Waals surface area contributed by atoms with Crippen LogP contribution in [0.2, 0.25) is 0 Å². The van der Waals surface area contributed by atoms with Crippen molar-refractivity contribution in [2.75, 3.05) is 38.1 Å². The van der Waals surface area contributed by atoms with Crippen LogP contribution in [0, 0.1) is 0 Å². The van der Waals surface area contributed by atoms with Gasteiger partial charge < -0.3 is 20.3 Å². The van der Waals surface area contributed by atoms with E-state index in [4.69, 9.17) is 4.74 Å². The van der Waals surface area contributed by atoms with Crippen LogP contribution in [0.15, 0.2) is 12.1 Å². The topological polar surface area (TPSA) is 114 Å². The zero-order chi connectivity index (χ0) is 20.8. The van der Waals surface area contributed by atoms with Crippen LogP contribution in [-0.4, -0.2) is 75.4 Å². The van der Waals surface area contributed by atoms with Gasteiger partial charge in [-0.15, -0.1) is 15.3 Å².